The van der Waals surface area contributed by atoms with E-state index >= 15 is 0 Å². The number of nitrogens with one attached hydrogen (secondary N) is 2. The van der Waals surface area contributed by atoms with Crippen LogP contribution in [0.15, 0.2) is 46.2 Å². The van der Waals surface area contributed by atoms with E-state index in [9.17, 15) is 16.8 Å². The first-order valence-electron chi connectivity index (χ1n) is 6.71. The molecule has 0 bridgehead atoms. The van der Waals surface area contributed by atoms with Crippen molar-refractivity contribution in [3.63, 3.8) is 0 Å². The second kappa shape index (κ2) is 9.36. The van der Waals surface area contributed by atoms with Gasteiger partial charge in [-0.1, -0.05) is 6.07 Å². The molecule has 0 saturated carbocycles. The predicted molar refractivity (Wildman–Crippen MR) is 87.4 cm³/mol. The van der Waals surface area contributed by atoms with E-state index in [-0.39, 0.29) is 60.1 Å². The van der Waals surface area contributed by atoms with E-state index in [1.54, 1.807) is 6.07 Å². The average Bonchev–Trinajstić information content (AvgIpc) is 3.21. The van der Waals surface area contributed by atoms with Crippen molar-refractivity contribution in [1.82, 2.24) is 30.8 Å². The summed E-state index contributed by atoms with van der Waals surface area (Å²) in [5.74, 6) is 0. The maximum absolute atomic E-state index is 10.8. The van der Waals surface area contributed by atoms with Gasteiger partial charge in [0.2, 0.25) is 0 Å². The van der Waals surface area contributed by atoms with Crippen molar-refractivity contribution in [3.05, 3.63) is 36.4 Å². The summed E-state index contributed by atoms with van der Waals surface area (Å²) in [6.07, 6.45) is 0. The zero-order valence-corrected chi connectivity index (χ0v) is 17.8. The van der Waals surface area contributed by atoms with Gasteiger partial charge in [0.25, 0.3) is 20.2 Å². The number of benzene rings is 2. The standard InChI is InChI=1S/2C6H5N3O3S.2Ag/c10-13(11,12)4-1-2-5-6(3-4)8-9-7-5;10-13(11,12)5-3-1-2-4-6(5)8-9-7-4;;/h2*1-3H,(H,7,8,9)(H,10,11,12);;. The van der Waals surface area contributed by atoms with Crippen LogP contribution in [0.4, 0.5) is 0 Å². The molecular formula is C12H10Ag2N6O6S2. The Morgan fingerprint density at radius 1 is 0.714 bits per heavy atom. The van der Waals surface area contributed by atoms with Gasteiger partial charge in [0.1, 0.15) is 27.0 Å². The summed E-state index contributed by atoms with van der Waals surface area (Å²) in [7, 11) is -8.38. The number of aromatic amines is 2. The Morgan fingerprint density at radius 2 is 1.32 bits per heavy atom. The van der Waals surface area contributed by atoms with Crippen LogP contribution in [0.5, 0.6) is 0 Å². The molecule has 158 valence electrons. The number of aromatic nitrogens is 6. The van der Waals surface area contributed by atoms with Gasteiger partial charge in [-0.05, 0) is 30.3 Å². The first-order chi connectivity index (χ1) is 12.2. The van der Waals surface area contributed by atoms with Crippen molar-refractivity contribution < 1.29 is 70.7 Å². The van der Waals surface area contributed by atoms with E-state index in [2.05, 4.69) is 30.8 Å². The average molecular weight is 614 g/mol. The molecule has 0 aliphatic rings. The summed E-state index contributed by atoms with van der Waals surface area (Å²) in [5, 5.41) is 19.3. The summed E-state index contributed by atoms with van der Waals surface area (Å²) < 4.78 is 60.5. The van der Waals surface area contributed by atoms with E-state index in [1.165, 1.54) is 30.3 Å². The molecule has 16 heteroatoms. The van der Waals surface area contributed by atoms with Crippen LogP contribution < -0.4 is 0 Å². The normalized spacial score (nSPS) is 11.2. The molecule has 0 fully saturated rings. The van der Waals surface area contributed by atoms with E-state index in [4.69, 9.17) is 9.11 Å². The van der Waals surface area contributed by atoms with Crippen LogP contribution in [-0.2, 0) is 65.0 Å². The Bertz CT molecular complexity index is 1300. The van der Waals surface area contributed by atoms with Crippen molar-refractivity contribution in [2.75, 3.05) is 0 Å². The third kappa shape index (κ3) is 5.54. The van der Waals surface area contributed by atoms with Gasteiger partial charge in [-0.25, -0.2) is 0 Å². The Morgan fingerprint density at radius 3 is 1.96 bits per heavy atom. The smallest absolute Gasteiger partial charge is 0.282 e. The van der Waals surface area contributed by atoms with E-state index in [0.717, 1.165) is 0 Å². The van der Waals surface area contributed by atoms with Crippen molar-refractivity contribution in [2.45, 2.75) is 9.79 Å². The molecule has 28 heavy (non-hydrogen) atoms. The van der Waals surface area contributed by atoms with Gasteiger partial charge in [0.15, 0.2) is 0 Å². The number of H-pyrrole nitrogens is 2. The van der Waals surface area contributed by atoms with Crippen molar-refractivity contribution >= 4 is 42.3 Å². The molecule has 2 aromatic heterocycles. The van der Waals surface area contributed by atoms with E-state index in [0.29, 0.717) is 16.6 Å². The minimum atomic E-state index is -4.22. The minimum Gasteiger partial charge on any atom is -0.282 e. The number of rotatable bonds is 2. The molecule has 0 aliphatic heterocycles. The second-order valence-corrected chi connectivity index (χ2v) is 7.68. The summed E-state index contributed by atoms with van der Waals surface area (Å²) in [4.78, 5) is -0.423. The minimum absolute atomic E-state index is 0. The van der Waals surface area contributed by atoms with Crippen LogP contribution in [0.25, 0.3) is 22.1 Å². The summed E-state index contributed by atoms with van der Waals surface area (Å²) >= 11 is 0. The molecule has 0 saturated heterocycles. The van der Waals surface area contributed by atoms with E-state index in [1.807, 2.05) is 0 Å². The molecular weight excluding hydrogens is 604 g/mol. The van der Waals surface area contributed by atoms with Crippen LogP contribution in [0.2, 0.25) is 0 Å². The summed E-state index contributed by atoms with van der Waals surface area (Å²) in [6.45, 7) is 0. The second-order valence-electron chi connectivity index (χ2n) is 4.87. The maximum Gasteiger partial charge on any atom is 0.296 e. The third-order valence-electron chi connectivity index (χ3n) is 3.17. The number of hydrogen-bond donors (Lipinski definition) is 4. The van der Waals surface area contributed by atoms with Gasteiger partial charge in [0.05, 0.1) is 4.90 Å². The van der Waals surface area contributed by atoms with Crippen molar-refractivity contribution in [2.24, 2.45) is 0 Å². The number of hydrogen-bond acceptors (Lipinski definition) is 8. The molecule has 0 unspecified atom stereocenters. The topological polar surface area (TPSA) is 192 Å². The Hall–Kier alpha value is -1.46. The van der Waals surface area contributed by atoms with E-state index < -0.39 is 20.2 Å². The van der Waals surface area contributed by atoms with Gasteiger partial charge in [-0.15, -0.1) is 0 Å². The fourth-order valence-electron chi connectivity index (χ4n) is 2.03. The van der Waals surface area contributed by atoms with Gasteiger partial charge in [0, 0.05) is 44.8 Å². The zero-order chi connectivity index (χ0) is 18.9. The largest absolute Gasteiger partial charge is 0.296 e. The van der Waals surface area contributed by atoms with Crippen LogP contribution in [-0.4, -0.2) is 56.8 Å². The van der Waals surface area contributed by atoms with Crippen molar-refractivity contribution in [1.29, 1.82) is 0 Å². The number of fused-ring (bicyclic) bond motifs is 2. The predicted octanol–water partition coefficient (Wildman–Crippen LogP) is 0.404. The fourth-order valence-corrected chi connectivity index (χ4v) is 3.18. The Balaban J connectivity index is 0.000000261. The monoisotopic (exact) mass is 612 g/mol. The van der Waals surface area contributed by atoms with Crippen molar-refractivity contribution in [3.8, 4) is 0 Å². The van der Waals surface area contributed by atoms with Crippen LogP contribution in [0, 0.1) is 0 Å². The third-order valence-corrected chi connectivity index (χ3v) is 4.91. The quantitative estimate of drug-likeness (QED) is 0.182. The maximum atomic E-state index is 10.8. The Kier molecular flexibility index (Phi) is 8.22. The molecule has 0 spiro atoms. The molecule has 2 radical (unpaired) electrons. The summed E-state index contributed by atoms with van der Waals surface area (Å²) in [6, 6.07) is 8.30. The first kappa shape index (κ1) is 24.6. The molecule has 2 heterocycles. The summed E-state index contributed by atoms with van der Waals surface area (Å²) in [5.41, 5.74) is 1.49. The van der Waals surface area contributed by atoms with Gasteiger partial charge in [-0.3, -0.25) is 9.11 Å². The first-order valence-corrected chi connectivity index (χ1v) is 9.59. The molecule has 4 rings (SSSR count). The van der Waals surface area contributed by atoms with Gasteiger partial charge >= 0.3 is 0 Å². The molecule has 0 amide bonds. The molecule has 2 aromatic carbocycles. The number of para-hydroxylation sites is 1. The van der Waals surface area contributed by atoms with Gasteiger partial charge < -0.3 is 0 Å². The van der Waals surface area contributed by atoms with Crippen LogP contribution in [0.1, 0.15) is 0 Å². The van der Waals surface area contributed by atoms with Crippen LogP contribution >= 0.6 is 0 Å². The molecule has 12 nitrogen and oxygen atoms in total. The molecule has 0 atom stereocenters. The molecule has 4 N–H and O–H groups in total. The SMILES string of the molecule is O=S(=O)(O)c1ccc2n[nH]nc2c1.O=S(=O)(O)c1cccc2n[nH]nc12.[Ag].[Ag]. The number of nitrogens with zero attached hydrogens (tertiary/aromatic N) is 4. The fraction of sp³-hybridized carbons (Fsp3) is 0. The molecule has 0 aliphatic carbocycles. The van der Waals surface area contributed by atoms with Crippen LogP contribution in [0.3, 0.4) is 0 Å². The Labute approximate surface area is 189 Å². The zero-order valence-electron chi connectivity index (χ0n) is 13.2. The molecule has 4 aromatic rings. The van der Waals surface area contributed by atoms with Gasteiger partial charge in [-0.2, -0.15) is 47.7 Å².